The molecule has 0 heterocycles. The minimum Gasteiger partial charge on any atom is -0.480 e. The number of rotatable bonds is 12. The number of benzene rings is 1. The smallest absolute Gasteiger partial charge is 0.325 e. The molecule has 7 N–H and O–H groups in total. The van der Waals surface area contributed by atoms with Gasteiger partial charge in [0.05, 0.1) is 12.1 Å². The van der Waals surface area contributed by atoms with Crippen LogP contribution in [0.3, 0.4) is 0 Å². The summed E-state index contributed by atoms with van der Waals surface area (Å²) >= 11 is 0. The third kappa shape index (κ3) is 8.27. The Balaban J connectivity index is 2.90. The number of hydrogen-bond acceptors (Lipinski definition) is 6. The van der Waals surface area contributed by atoms with Crippen molar-refractivity contribution >= 4 is 23.7 Å². The van der Waals surface area contributed by atoms with Crippen LogP contribution in [0.15, 0.2) is 30.3 Å². The summed E-state index contributed by atoms with van der Waals surface area (Å²) in [7, 11) is 0. The van der Waals surface area contributed by atoms with E-state index < -0.39 is 54.0 Å². The SMILES string of the molecule is CCC(C)C(NC(=O)C(N)Cc1ccccc1)C(=O)NC(C(=O)NC(C)C(=O)O)C(C)O. The molecule has 0 aliphatic rings. The van der Waals surface area contributed by atoms with Gasteiger partial charge in [-0.3, -0.25) is 19.2 Å². The fraction of sp³-hybridized carbons (Fsp3) is 0.545. The number of aliphatic hydroxyl groups is 1. The number of nitrogens with two attached hydrogens (primary N) is 1. The average molecular weight is 451 g/mol. The topological polar surface area (TPSA) is 171 Å². The zero-order valence-electron chi connectivity index (χ0n) is 18.9. The summed E-state index contributed by atoms with van der Waals surface area (Å²) in [6.45, 7) is 6.16. The quantitative estimate of drug-likeness (QED) is 0.250. The Hall–Kier alpha value is -2.98. The molecule has 0 aliphatic heterocycles. The van der Waals surface area contributed by atoms with Crippen molar-refractivity contribution in [2.24, 2.45) is 11.7 Å². The first-order valence-corrected chi connectivity index (χ1v) is 10.6. The van der Waals surface area contributed by atoms with E-state index in [1.165, 1.54) is 13.8 Å². The standard InChI is InChI=1S/C22H34N4O6/c1-5-12(2)17(25-19(28)16(23)11-15-9-7-6-8-10-15)20(29)26-18(14(4)27)21(30)24-13(3)22(31)32/h6-10,12-14,16-18,27H,5,11,23H2,1-4H3,(H,24,30)(H,25,28)(H,26,29)(H,31,32). The molecule has 0 saturated heterocycles. The number of amides is 3. The van der Waals surface area contributed by atoms with Crippen molar-refractivity contribution < 1.29 is 29.4 Å². The first kappa shape index (κ1) is 27.1. The minimum absolute atomic E-state index is 0.285. The maximum absolute atomic E-state index is 12.9. The van der Waals surface area contributed by atoms with E-state index >= 15 is 0 Å². The number of carbonyl (C=O) groups is 4. The van der Waals surface area contributed by atoms with Gasteiger partial charge in [-0.25, -0.2) is 0 Å². The number of aliphatic carboxylic acids is 1. The Labute approximate surface area is 187 Å². The van der Waals surface area contributed by atoms with E-state index in [4.69, 9.17) is 10.8 Å². The Kier molecular flexibility index (Phi) is 10.8. The second-order valence-corrected chi connectivity index (χ2v) is 7.96. The lowest BCUT2D eigenvalue weighted by molar-refractivity contribution is -0.142. The summed E-state index contributed by atoms with van der Waals surface area (Å²) < 4.78 is 0. The van der Waals surface area contributed by atoms with E-state index in [1.54, 1.807) is 6.92 Å². The van der Waals surface area contributed by atoms with Crippen molar-refractivity contribution in [1.29, 1.82) is 0 Å². The van der Waals surface area contributed by atoms with Gasteiger partial charge in [0.1, 0.15) is 18.1 Å². The van der Waals surface area contributed by atoms with Gasteiger partial charge in [0.2, 0.25) is 17.7 Å². The van der Waals surface area contributed by atoms with E-state index in [0.29, 0.717) is 6.42 Å². The lowest BCUT2D eigenvalue weighted by Crippen LogP contribution is -2.60. The van der Waals surface area contributed by atoms with Gasteiger partial charge in [0.25, 0.3) is 0 Å². The van der Waals surface area contributed by atoms with Gasteiger partial charge in [-0.15, -0.1) is 0 Å². The molecule has 6 unspecified atom stereocenters. The van der Waals surface area contributed by atoms with Gasteiger partial charge in [0.15, 0.2) is 0 Å². The lowest BCUT2D eigenvalue weighted by atomic mass is 9.96. The molecule has 0 radical (unpaired) electrons. The molecule has 3 amide bonds. The first-order chi connectivity index (χ1) is 15.0. The maximum Gasteiger partial charge on any atom is 0.325 e. The fourth-order valence-corrected chi connectivity index (χ4v) is 2.94. The van der Waals surface area contributed by atoms with Crippen LogP contribution in [0.5, 0.6) is 0 Å². The minimum atomic E-state index is -1.40. The van der Waals surface area contributed by atoms with Gasteiger partial charge in [0, 0.05) is 0 Å². The molecule has 0 bridgehead atoms. The number of nitrogens with one attached hydrogen (secondary N) is 3. The van der Waals surface area contributed by atoms with Crippen LogP contribution in [0, 0.1) is 5.92 Å². The lowest BCUT2D eigenvalue weighted by Gasteiger charge is -2.28. The number of carbonyl (C=O) groups excluding carboxylic acids is 3. The van der Waals surface area contributed by atoms with Gasteiger partial charge in [-0.2, -0.15) is 0 Å². The molecule has 1 aromatic rings. The van der Waals surface area contributed by atoms with Crippen LogP contribution in [-0.2, 0) is 25.6 Å². The van der Waals surface area contributed by atoms with Gasteiger partial charge in [-0.1, -0.05) is 50.6 Å². The van der Waals surface area contributed by atoms with Crippen molar-refractivity contribution in [1.82, 2.24) is 16.0 Å². The maximum atomic E-state index is 12.9. The van der Waals surface area contributed by atoms with E-state index in [-0.39, 0.29) is 12.3 Å². The van der Waals surface area contributed by atoms with Crippen LogP contribution in [0.1, 0.15) is 39.7 Å². The van der Waals surface area contributed by atoms with Crippen molar-refractivity contribution in [3.8, 4) is 0 Å². The molecule has 178 valence electrons. The molecule has 1 aromatic carbocycles. The molecule has 0 aliphatic carbocycles. The average Bonchev–Trinajstić information content (AvgIpc) is 2.74. The summed E-state index contributed by atoms with van der Waals surface area (Å²) in [5, 5.41) is 26.2. The number of hydrogen-bond donors (Lipinski definition) is 6. The van der Waals surface area contributed by atoms with Crippen LogP contribution in [0.4, 0.5) is 0 Å². The molecule has 0 spiro atoms. The monoisotopic (exact) mass is 450 g/mol. The zero-order chi connectivity index (χ0) is 24.4. The highest BCUT2D eigenvalue weighted by atomic mass is 16.4. The van der Waals surface area contributed by atoms with Crippen LogP contribution < -0.4 is 21.7 Å². The van der Waals surface area contributed by atoms with E-state index in [0.717, 1.165) is 5.56 Å². The van der Waals surface area contributed by atoms with E-state index in [2.05, 4.69) is 16.0 Å². The van der Waals surface area contributed by atoms with Crippen LogP contribution in [-0.4, -0.2) is 64.2 Å². The Morgan fingerprint density at radius 3 is 1.94 bits per heavy atom. The van der Waals surface area contributed by atoms with E-state index in [9.17, 15) is 24.3 Å². The molecule has 6 atom stereocenters. The third-order valence-electron chi connectivity index (χ3n) is 5.22. The molecule has 1 rings (SSSR count). The third-order valence-corrected chi connectivity index (χ3v) is 5.22. The molecular formula is C22H34N4O6. The Bertz CT molecular complexity index is 786. The molecule has 0 saturated carbocycles. The fourth-order valence-electron chi connectivity index (χ4n) is 2.94. The van der Waals surface area contributed by atoms with Crippen molar-refractivity contribution in [3.05, 3.63) is 35.9 Å². The Morgan fingerprint density at radius 1 is 0.906 bits per heavy atom. The molecule has 0 fully saturated rings. The molecular weight excluding hydrogens is 416 g/mol. The second-order valence-electron chi connectivity index (χ2n) is 7.96. The summed E-state index contributed by atoms with van der Waals surface area (Å²) in [4.78, 5) is 48.9. The zero-order valence-corrected chi connectivity index (χ0v) is 18.9. The molecule has 32 heavy (non-hydrogen) atoms. The second kappa shape index (κ2) is 12.8. The molecule has 0 aromatic heterocycles. The predicted molar refractivity (Wildman–Crippen MR) is 118 cm³/mol. The predicted octanol–water partition coefficient (Wildman–Crippen LogP) is -0.458. The molecule has 10 heteroatoms. The molecule has 10 nitrogen and oxygen atoms in total. The normalized spacial score (nSPS) is 16.6. The highest BCUT2D eigenvalue weighted by Crippen LogP contribution is 2.10. The number of aliphatic hydroxyl groups excluding tert-OH is 1. The highest BCUT2D eigenvalue weighted by molar-refractivity contribution is 5.94. The van der Waals surface area contributed by atoms with E-state index in [1.807, 2.05) is 37.3 Å². The highest BCUT2D eigenvalue weighted by Gasteiger charge is 2.33. The van der Waals surface area contributed by atoms with Crippen molar-refractivity contribution in [2.75, 3.05) is 0 Å². The Morgan fingerprint density at radius 2 is 1.44 bits per heavy atom. The van der Waals surface area contributed by atoms with Crippen molar-refractivity contribution in [2.45, 2.75) is 70.8 Å². The van der Waals surface area contributed by atoms with Gasteiger partial charge in [-0.05, 0) is 31.7 Å². The largest absolute Gasteiger partial charge is 0.480 e. The summed E-state index contributed by atoms with van der Waals surface area (Å²) in [5.41, 5.74) is 6.89. The summed E-state index contributed by atoms with van der Waals surface area (Å²) in [6, 6.07) is 4.72. The van der Waals surface area contributed by atoms with Gasteiger partial charge < -0.3 is 31.9 Å². The van der Waals surface area contributed by atoms with Gasteiger partial charge >= 0.3 is 5.97 Å². The first-order valence-electron chi connectivity index (χ1n) is 10.6. The van der Waals surface area contributed by atoms with Crippen LogP contribution in [0.2, 0.25) is 0 Å². The number of carboxylic acid groups (broad SMARTS) is 1. The summed E-state index contributed by atoms with van der Waals surface area (Å²) in [6.07, 6.45) is -0.463. The summed E-state index contributed by atoms with van der Waals surface area (Å²) in [5.74, 6) is -3.60. The van der Waals surface area contributed by atoms with Crippen LogP contribution in [0.25, 0.3) is 0 Å². The van der Waals surface area contributed by atoms with Crippen LogP contribution >= 0.6 is 0 Å². The number of carboxylic acids is 1. The van der Waals surface area contributed by atoms with Crippen molar-refractivity contribution in [3.63, 3.8) is 0 Å².